The van der Waals surface area contributed by atoms with E-state index in [1.165, 1.54) is 25.3 Å². The van der Waals surface area contributed by atoms with Gasteiger partial charge in [-0.25, -0.2) is 0 Å². The lowest BCUT2D eigenvalue weighted by Gasteiger charge is -2.17. The van der Waals surface area contributed by atoms with Gasteiger partial charge in [-0.05, 0) is 49.6 Å². The minimum atomic E-state index is -4.24. The largest absolute Gasteiger partial charge is 0.395 e. The predicted octanol–water partition coefficient (Wildman–Crippen LogP) is 5.03. The molecule has 0 spiro atoms. The van der Waals surface area contributed by atoms with Gasteiger partial charge in [-0.15, -0.1) is 0 Å². The molecule has 4 heteroatoms. The van der Waals surface area contributed by atoms with Crippen LogP contribution in [0.3, 0.4) is 0 Å². The molecule has 2 aromatic rings. The average molecular weight is 279 g/mol. The molecule has 0 saturated heterocycles. The number of aromatic nitrogens is 1. The number of pyridine rings is 1. The van der Waals surface area contributed by atoms with Crippen molar-refractivity contribution >= 4 is 0 Å². The molecule has 0 amide bonds. The summed E-state index contributed by atoms with van der Waals surface area (Å²) in [6, 6.07) is 8.69. The summed E-state index contributed by atoms with van der Waals surface area (Å²) in [5, 5.41) is 0. The van der Waals surface area contributed by atoms with Crippen molar-refractivity contribution in [3.63, 3.8) is 0 Å². The van der Waals surface area contributed by atoms with Gasteiger partial charge in [-0.2, -0.15) is 13.2 Å². The van der Waals surface area contributed by atoms with Crippen molar-refractivity contribution in [3.8, 4) is 11.3 Å². The Morgan fingerprint density at radius 1 is 1.10 bits per heavy atom. The zero-order valence-corrected chi connectivity index (χ0v) is 11.6. The van der Waals surface area contributed by atoms with Crippen LogP contribution in [0.2, 0.25) is 0 Å². The number of hydrogen-bond acceptors (Lipinski definition) is 1. The highest BCUT2D eigenvalue weighted by Gasteiger charge is 2.37. The van der Waals surface area contributed by atoms with Crippen LogP contribution < -0.4 is 0 Å². The Morgan fingerprint density at radius 3 is 2.45 bits per heavy atom. The van der Waals surface area contributed by atoms with E-state index < -0.39 is 12.1 Å². The molecular weight excluding hydrogens is 263 g/mol. The molecule has 1 unspecified atom stereocenters. The molecule has 106 valence electrons. The van der Waals surface area contributed by atoms with Gasteiger partial charge in [0.1, 0.15) is 0 Å². The summed E-state index contributed by atoms with van der Waals surface area (Å²) in [7, 11) is 0. The van der Waals surface area contributed by atoms with Gasteiger partial charge in [0.2, 0.25) is 0 Å². The topological polar surface area (TPSA) is 12.9 Å². The van der Waals surface area contributed by atoms with Crippen LogP contribution in [0, 0.1) is 13.8 Å². The second kappa shape index (κ2) is 5.27. The normalized spacial score (nSPS) is 13.3. The number of rotatable bonds is 2. The summed E-state index contributed by atoms with van der Waals surface area (Å²) < 4.78 is 38.4. The molecule has 2 rings (SSSR count). The van der Waals surface area contributed by atoms with E-state index >= 15 is 0 Å². The highest BCUT2D eigenvalue weighted by molar-refractivity contribution is 5.65. The van der Waals surface area contributed by atoms with Crippen molar-refractivity contribution in [2.24, 2.45) is 0 Å². The van der Waals surface area contributed by atoms with Crippen molar-refractivity contribution < 1.29 is 13.2 Å². The lowest BCUT2D eigenvalue weighted by atomic mass is 9.96. The Labute approximate surface area is 116 Å². The number of aryl methyl sites for hydroxylation is 1. The molecule has 1 nitrogen and oxygen atoms in total. The number of nitrogens with zero attached hydrogens (tertiary/aromatic N) is 1. The number of hydrogen-bond donors (Lipinski definition) is 0. The maximum Gasteiger partial charge on any atom is 0.395 e. The first-order valence-corrected chi connectivity index (χ1v) is 6.40. The molecule has 20 heavy (non-hydrogen) atoms. The Morgan fingerprint density at radius 2 is 1.80 bits per heavy atom. The third-order valence-electron chi connectivity index (χ3n) is 3.66. The molecule has 0 radical (unpaired) electrons. The van der Waals surface area contributed by atoms with Gasteiger partial charge in [-0.3, -0.25) is 4.98 Å². The summed E-state index contributed by atoms with van der Waals surface area (Å²) in [6.07, 6.45) is -2.80. The highest BCUT2D eigenvalue weighted by Crippen LogP contribution is 2.35. The monoisotopic (exact) mass is 279 g/mol. The lowest BCUT2D eigenvalue weighted by molar-refractivity contribution is -0.146. The molecule has 0 bridgehead atoms. The molecule has 1 atom stereocenters. The Hall–Kier alpha value is -1.84. The zero-order valence-electron chi connectivity index (χ0n) is 11.6. The third kappa shape index (κ3) is 2.84. The van der Waals surface area contributed by atoms with Crippen LogP contribution in [0.15, 0.2) is 36.5 Å². The fourth-order valence-corrected chi connectivity index (χ4v) is 2.08. The van der Waals surface area contributed by atoms with Gasteiger partial charge in [0.05, 0.1) is 11.6 Å². The molecule has 0 aliphatic rings. The number of halogens is 3. The molecule has 0 saturated carbocycles. The van der Waals surface area contributed by atoms with E-state index in [0.717, 1.165) is 16.7 Å². The lowest BCUT2D eigenvalue weighted by Crippen LogP contribution is -2.17. The first-order valence-electron chi connectivity index (χ1n) is 6.40. The third-order valence-corrected chi connectivity index (χ3v) is 3.66. The van der Waals surface area contributed by atoms with Gasteiger partial charge in [0.15, 0.2) is 0 Å². The highest BCUT2D eigenvalue weighted by atomic mass is 19.4. The van der Waals surface area contributed by atoms with E-state index in [0.29, 0.717) is 5.69 Å². The van der Waals surface area contributed by atoms with Gasteiger partial charge in [0.25, 0.3) is 0 Å². The van der Waals surface area contributed by atoms with Crippen LogP contribution in [0.25, 0.3) is 11.3 Å². The average Bonchev–Trinajstić information content (AvgIpc) is 2.40. The van der Waals surface area contributed by atoms with Gasteiger partial charge < -0.3 is 0 Å². The zero-order chi connectivity index (χ0) is 14.9. The maximum atomic E-state index is 12.8. The Bertz CT molecular complexity index is 617. The van der Waals surface area contributed by atoms with Crippen LogP contribution in [-0.4, -0.2) is 11.2 Å². The van der Waals surface area contributed by atoms with Crippen molar-refractivity contribution in [2.45, 2.75) is 32.9 Å². The van der Waals surface area contributed by atoms with Crippen LogP contribution >= 0.6 is 0 Å². The molecule has 1 aromatic heterocycles. The van der Waals surface area contributed by atoms with E-state index in [9.17, 15) is 13.2 Å². The predicted molar refractivity (Wildman–Crippen MR) is 73.6 cm³/mol. The van der Waals surface area contributed by atoms with Crippen LogP contribution in [0.5, 0.6) is 0 Å². The second-order valence-corrected chi connectivity index (χ2v) is 4.99. The second-order valence-electron chi connectivity index (χ2n) is 4.99. The van der Waals surface area contributed by atoms with Crippen LogP contribution in [0.4, 0.5) is 13.2 Å². The molecule has 1 heterocycles. The number of benzene rings is 1. The molecule has 1 aromatic carbocycles. The van der Waals surface area contributed by atoms with Gasteiger partial charge in [-0.1, -0.05) is 18.2 Å². The van der Waals surface area contributed by atoms with Crippen molar-refractivity contribution in [1.82, 2.24) is 4.98 Å². The summed E-state index contributed by atoms with van der Waals surface area (Å²) >= 11 is 0. The van der Waals surface area contributed by atoms with Crippen LogP contribution in [0.1, 0.15) is 29.5 Å². The van der Waals surface area contributed by atoms with E-state index in [1.807, 2.05) is 32.0 Å². The van der Waals surface area contributed by atoms with E-state index in [1.54, 1.807) is 0 Å². The molecule has 0 fully saturated rings. The van der Waals surface area contributed by atoms with Crippen molar-refractivity contribution in [3.05, 3.63) is 53.2 Å². The molecule has 0 aliphatic heterocycles. The standard InChI is InChI=1S/C16H16F3N/c1-10-5-4-6-14(11(10)2)15-9-13(7-8-20-15)12(3)16(17,18)19/h4-9,12H,1-3H3. The van der Waals surface area contributed by atoms with Crippen LogP contribution in [-0.2, 0) is 0 Å². The number of alkyl halides is 3. The smallest absolute Gasteiger partial charge is 0.256 e. The van der Waals surface area contributed by atoms with Crippen molar-refractivity contribution in [2.75, 3.05) is 0 Å². The Balaban J connectivity index is 2.47. The van der Waals surface area contributed by atoms with Gasteiger partial charge >= 0.3 is 6.18 Å². The minimum absolute atomic E-state index is 0.239. The summed E-state index contributed by atoms with van der Waals surface area (Å²) in [5.41, 5.74) is 3.83. The maximum absolute atomic E-state index is 12.8. The van der Waals surface area contributed by atoms with Gasteiger partial charge in [0, 0.05) is 11.8 Å². The molecular formula is C16H16F3N. The summed E-state index contributed by atoms with van der Waals surface area (Å²) in [5.74, 6) is -1.49. The first kappa shape index (κ1) is 14.6. The SMILES string of the molecule is Cc1cccc(-c2cc(C(C)C(F)(F)F)ccn2)c1C. The first-order chi connectivity index (χ1) is 9.30. The molecule has 0 aliphatic carbocycles. The van der Waals surface area contributed by atoms with E-state index in [4.69, 9.17) is 0 Å². The Kier molecular flexibility index (Phi) is 3.84. The quantitative estimate of drug-likeness (QED) is 0.751. The van der Waals surface area contributed by atoms with Crippen molar-refractivity contribution in [1.29, 1.82) is 0 Å². The van der Waals surface area contributed by atoms with E-state index in [2.05, 4.69) is 4.98 Å². The molecule has 0 N–H and O–H groups in total. The fourth-order valence-electron chi connectivity index (χ4n) is 2.08. The summed E-state index contributed by atoms with van der Waals surface area (Å²) in [4.78, 5) is 4.21. The fraction of sp³-hybridized carbons (Fsp3) is 0.312. The minimum Gasteiger partial charge on any atom is -0.256 e. The van der Waals surface area contributed by atoms with E-state index in [-0.39, 0.29) is 5.56 Å². The summed E-state index contributed by atoms with van der Waals surface area (Å²) in [6.45, 7) is 5.09.